The Morgan fingerprint density at radius 3 is 2.60 bits per heavy atom. The first kappa shape index (κ1) is 12.3. The van der Waals surface area contributed by atoms with Gasteiger partial charge in [-0.15, -0.1) is 0 Å². The fourth-order valence-corrected chi connectivity index (χ4v) is 2.28. The minimum atomic E-state index is 0.933. The van der Waals surface area contributed by atoms with E-state index in [2.05, 4.69) is 22.5 Å². The molecule has 0 radical (unpaired) electrons. The highest BCUT2D eigenvalue weighted by Gasteiger charge is 2.13. The maximum atomic E-state index is 4.14. The van der Waals surface area contributed by atoms with Gasteiger partial charge in [-0.2, -0.15) is 0 Å². The third-order valence-electron chi connectivity index (χ3n) is 3.12. The molecule has 1 aliphatic rings. The van der Waals surface area contributed by atoms with Crippen LogP contribution in [-0.2, 0) is 0 Å². The Bertz CT molecular complexity index is 183. The number of aliphatic imine (C=N–C) groups is 1. The summed E-state index contributed by atoms with van der Waals surface area (Å²) in [6.45, 7) is 4.07. The van der Waals surface area contributed by atoms with Crippen molar-refractivity contribution in [3.8, 4) is 0 Å². The van der Waals surface area contributed by atoms with Crippen molar-refractivity contribution < 1.29 is 0 Å². The summed E-state index contributed by atoms with van der Waals surface area (Å²) < 4.78 is 0. The van der Waals surface area contributed by atoms with Crippen LogP contribution in [0.2, 0.25) is 0 Å². The van der Waals surface area contributed by atoms with E-state index >= 15 is 0 Å². The van der Waals surface area contributed by atoms with Crippen LogP contribution < -0.4 is 10.6 Å². The Hall–Kier alpha value is -0.730. The summed E-state index contributed by atoms with van der Waals surface area (Å²) in [6.07, 6.45) is 8.49. The number of nitrogens with zero attached hydrogens (tertiary/aromatic N) is 1. The predicted octanol–water partition coefficient (Wildman–Crippen LogP) is 2.14. The van der Waals surface area contributed by atoms with Crippen molar-refractivity contribution in [2.45, 2.75) is 45.4 Å². The van der Waals surface area contributed by atoms with Gasteiger partial charge < -0.3 is 10.6 Å². The molecule has 0 aromatic carbocycles. The van der Waals surface area contributed by atoms with E-state index in [-0.39, 0.29) is 0 Å². The zero-order valence-electron chi connectivity index (χ0n) is 10.2. The van der Waals surface area contributed by atoms with Crippen LogP contribution in [0.4, 0.5) is 0 Å². The number of hydrogen-bond donors (Lipinski definition) is 2. The third-order valence-corrected chi connectivity index (χ3v) is 3.12. The summed E-state index contributed by atoms with van der Waals surface area (Å²) in [6, 6.07) is 0. The molecule has 2 N–H and O–H groups in total. The van der Waals surface area contributed by atoms with E-state index in [0.29, 0.717) is 0 Å². The lowest BCUT2D eigenvalue weighted by atomic mass is 10.0. The van der Waals surface area contributed by atoms with Crippen molar-refractivity contribution in [1.82, 2.24) is 10.6 Å². The molecule has 0 aliphatic heterocycles. The molecule has 1 fully saturated rings. The Labute approximate surface area is 93.7 Å². The van der Waals surface area contributed by atoms with E-state index in [1.807, 2.05) is 7.05 Å². The summed E-state index contributed by atoms with van der Waals surface area (Å²) in [5, 5.41) is 6.53. The van der Waals surface area contributed by atoms with Crippen LogP contribution in [-0.4, -0.2) is 26.1 Å². The molecule has 1 saturated carbocycles. The molecule has 0 amide bonds. The van der Waals surface area contributed by atoms with Gasteiger partial charge in [0.05, 0.1) is 0 Å². The van der Waals surface area contributed by atoms with Crippen LogP contribution >= 0.6 is 0 Å². The zero-order chi connectivity index (χ0) is 10.9. The van der Waals surface area contributed by atoms with E-state index in [9.17, 15) is 0 Å². The average molecular weight is 211 g/mol. The van der Waals surface area contributed by atoms with Crippen molar-refractivity contribution in [1.29, 1.82) is 0 Å². The molecule has 0 aromatic rings. The first-order valence-electron chi connectivity index (χ1n) is 6.31. The Morgan fingerprint density at radius 1 is 1.27 bits per heavy atom. The summed E-state index contributed by atoms with van der Waals surface area (Å²) in [7, 11) is 1.82. The van der Waals surface area contributed by atoms with Crippen LogP contribution in [0.5, 0.6) is 0 Å². The van der Waals surface area contributed by atoms with Gasteiger partial charge in [-0.3, -0.25) is 4.99 Å². The van der Waals surface area contributed by atoms with E-state index < -0.39 is 0 Å². The lowest BCUT2D eigenvalue weighted by Crippen LogP contribution is -2.37. The Balaban J connectivity index is 1.99. The van der Waals surface area contributed by atoms with Crippen molar-refractivity contribution >= 4 is 5.96 Å². The second kappa shape index (κ2) is 7.55. The summed E-state index contributed by atoms with van der Waals surface area (Å²) in [5.74, 6) is 1.94. The van der Waals surface area contributed by atoms with Crippen molar-refractivity contribution in [2.75, 3.05) is 20.1 Å². The largest absolute Gasteiger partial charge is 0.357 e. The highest BCUT2D eigenvalue weighted by Crippen LogP contribution is 2.28. The van der Waals surface area contributed by atoms with Gasteiger partial charge in [-0.05, 0) is 25.7 Å². The van der Waals surface area contributed by atoms with Gasteiger partial charge in [0.15, 0.2) is 5.96 Å². The standard InChI is InChI=1S/C12H25N3/c1-3-14-12(13-2)15-10-6-9-11-7-4-5-8-11/h11H,3-10H2,1-2H3,(H2,13,14,15). The van der Waals surface area contributed by atoms with Gasteiger partial charge >= 0.3 is 0 Å². The third kappa shape index (κ3) is 5.05. The molecule has 15 heavy (non-hydrogen) atoms. The SMILES string of the molecule is CCNC(=NC)NCCCC1CCCC1. The Morgan fingerprint density at radius 2 is 2.00 bits per heavy atom. The van der Waals surface area contributed by atoms with E-state index in [1.165, 1.54) is 38.5 Å². The smallest absolute Gasteiger partial charge is 0.190 e. The van der Waals surface area contributed by atoms with E-state index in [4.69, 9.17) is 0 Å². The average Bonchev–Trinajstić information content (AvgIpc) is 2.75. The van der Waals surface area contributed by atoms with Gasteiger partial charge in [-0.25, -0.2) is 0 Å². The molecule has 0 bridgehead atoms. The van der Waals surface area contributed by atoms with Crippen LogP contribution in [0.3, 0.4) is 0 Å². The van der Waals surface area contributed by atoms with E-state index in [1.54, 1.807) is 0 Å². The highest BCUT2D eigenvalue weighted by molar-refractivity contribution is 5.79. The number of hydrogen-bond acceptors (Lipinski definition) is 1. The molecule has 1 aliphatic carbocycles. The lowest BCUT2D eigenvalue weighted by Gasteiger charge is -2.12. The molecule has 1 rings (SSSR count). The number of nitrogens with one attached hydrogen (secondary N) is 2. The maximum Gasteiger partial charge on any atom is 0.190 e. The summed E-state index contributed by atoms with van der Waals surface area (Å²) >= 11 is 0. The van der Waals surface area contributed by atoms with E-state index in [0.717, 1.165) is 25.0 Å². The Kier molecular flexibility index (Phi) is 6.21. The molecule has 0 unspecified atom stereocenters. The van der Waals surface area contributed by atoms with Crippen LogP contribution in [0.15, 0.2) is 4.99 Å². The van der Waals surface area contributed by atoms with Gasteiger partial charge in [0.2, 0.25) is 0 Å². The number of rotatable bonds is 5. The second-order valence-electron chi connectivity index (χ2n) is 4.32. The van der Waals surface area contributed by atoms with Crippen LogP contribution in [0.1, 0.15) is 45.4 Å². The molecule has 0 saturated heterocycles. The van der Waals surface area contributed by atoms with Crippen molar-refractivity contribution in [2.24, 2.45) is 10.9 Å². The maximum absolute atomic E-state index is 4.14. The molecule has 3 nitrogen and oxygen atoms in total. The van der Waals surface area contributed by atoms with Crippen molar-refractivity contribution in [3.63, 3.8) is 0 Å². The minimum absolute atomic E-state index is 0.933. The molecule has 3 heteroatoms. The molecule has 88 valence electrons. The topological polar surface area (TPSA) is 36.4 Å². The summed E-state index contributed by atoms with van der Waals surface area (Å²) in [5.41, 5.74) is 0. The first-order valence-corrected chi connectivity index (χ1v) is 6.31. The van der Waals surface area contributed by atoms with Crippen molar-refractivity contribution in [3.05, 3.63) is 0 Å². The normalized spacial score (nSPS) is 18.1. The lowest BCUT2D eigenvalue weighted by molar-refractivity contribution is 0.481. The zero-order valence-corrected chi connectivity index (χ0v) is 10.2. The van der Waals surface area contributed by atoms with Gasteiger partial charge in [0.1, 0.15) is 0 Å². The quantitative estimate of drug-likeness (QED) is 0.415. The fourth-order valence-electron chi connectivity index (χ4n) is 2.28. The molecular weight excluding hydrogens is 186 g/mol. The molecule has 0 aromatic heterocycles. The van der Waals surface area contributed by atoms with Crippen LogP contribution in [0.25, 0.3) is 0 Å². The summed E-state index contributed by atoms with van der Waals surface area (Å²) in [4.78, 5) is 4.14. The molecular formula is C12H25N3. The molecule has 0 spiro atoms. The monoisotopic (exact) mass is 211 g/mol. The van der Waals surface area contributed by atoms with Gasteiger partial charge in [0, 0.05) is 20.1 Å². The minimum Gasteiger partial charge on any atom is -0.357 e. The molecule has 0 atom stereocenters. The predicted molar refractivity (Wildman–Crippen MR) is 66.2 cm³/mol. The molecule has 0 heterocycles. The fraction of sp³-hybridized carbons (Fsp3) is 0.917. The second-order valence-corrected chi connectivity index (χ2v) is 4.32. The first-order chi connectivity index (χ1) is 7.36. The van der Waals surface area contributed by atoms with Crippen LogP contribution in [0, 0.1) is 5.92 Å². The van der Waals surface area contributed by atoms with Gasteiger partial charge in [0.25, 0.3) is 0 Å². The highest BCUT2D eigenvalue weighted by atomic mass is 15.2. The van der Waals surface area contributed by atoms with Gasteiger partial charge in [-0.1, -0.05) is 25.7 Å². The number of guanidine groups is 1.